The van der Waals surface area contributed by atoms with Crippen molar-refractivity contribution in [2.75, 3.05) is 0 Å². The molecule has 110 valence electrons. The molecule has 2 rings (SSSR count). The van der Waals surface area contributed by atoms with E-state index in [0.29, 0.717) is 17.0 Å². The van der Waals surface area contributed by atoms with Gasteiger partial charge in [-0.2, -0.15) is 0 Å². The van der Waals surface area contributed by atoms with Gasteiger partial charge in [0.15, 0.2) is 6.10 Å². The topological polar surface area (TPSA) is 81.4 Å². The van der Waals surface area contributed by atoms with Gasteiger partial charge in [0, 0.05) is 6.04 Å². The second-order valence-corrected chi connectivity index (χ2v) is 5.24. The highest BCUT2D eigenvalue weighted by atomic mass is 16.5. The van der Waals surface area contributed by atoms with Gasteiger partial charge >= 0.3 is 5.97 Å². The van der Waals surface area contributed by atoms with Crippen molar-refractivity contribution in [1.29, 1.82) is 0 Å². The molecule has 20 heavy (non-hydrogen) atoms. The van der Waals surface area contributed by atoms with E-state index >= 15 is 0 Å². The van der Waals surface area contributed by atoms with E-state index in [1.807, 2.05) is 0 Å². The van der Waals surface area contributed by atoms with Crippen molar-refractivity contribution in [2.24, 2.45) is 0 Å². The van der Waals surface area contributed by atoms with Crippen molar-refractivity contribution in [3.8, 4) is 0 Å². The molecule has 0 bridgehead atoms. The molecule has 0 radical (unpaired) electrons. The van der Waals surface area contributed by atoms with Crippen LogP contribution >= 0.6 is 0 Å². The minimum absolute atomic E-state index is 0.211. The van der Waals surface area contributed by atoms with Crippen molar-refractivity contribution >= 4 is 11.9 Å². The molecule has 6 nitrogen and oxygen atoms in total. The van der Waals surface area contributed by atoms with Crippen molar-refractivity contribution in [3.05, 3.63) is 17.0 Å². The number of esters is 1. The Hall–Kier alpha value is -1.85. The van der Waals surface area contributed by atoms with E-state index in [-0.39, 0.29) is 11.9 Å². The molecule has 1 N–H and O–H groups in total. The van der Waals surface area contributed by atoms with Crippen LogP contribution in [0.1, 0.15) is 54.4 Å². The van der Waals surface area contributed by atoms with Crippen molar-refractivity contribution < 1.29 is 18.8 Å². The third-order valence-electron chi connectivity index (χ3n) is 3.59. The summed E-state index contributed by atoms with van der Waals surface area (Å²) in [6.07, 6.45) is 3.44. The number of nitrogens with one attached hydrogen (secondary N) is 1. The first-order valence-corrected chi connectivity index (χ1v) is 6.93. The molecule has 1 amide bonds. The Balaban J connectivity index is 1.91. The van der Waals surface area contributed by atoms with Crippen LogP contribution in [0.4, 0.5) is 0 Å². The van der Waals surface area contributed by atoms with Crippen LogP contribution in [-0.4, -0.2) is 29.2 Å². The molecule has 1 aliphatic rings. The highest BCUT2D eigenvalue weighted by Crippen LogP contribution is 2.18. The zero-order valence-corrected chi connectivity index (χ0v) is 12.1. The number of rotatable bonds is 4. The summed E-state index contributed by atoms with van der Waals surface area (Å²) in [6.45, 7) is 4.87. The molecule has 0 unspecified atom stereocenters. The number of carbonyl (C=O) groups is 2. The molecule has 1 aromatic rings. The molecule has 0 aliphatic heterocycles. The van der Waals surface area contributed by atoms with E-state index in [9.17, 15) is 9.59 Å². The van der Waals surface area contributed by atoms with Crippen molar-refractivity contribution in [3.63, 3.8) is 0 Å². The highest BCUT2D eigenvalue weighted by Gasteiger charge is 2.26. The number of amides is 1. The first-order chi connectivity index (χ1) is 9.49. The van der Waals surface area contributed by atoms with Gasteiger partial charge in [0.2, 0.25) is 0 Å². The quantitative estimate of drug-likeness (QED) is 0.852. The number of aryl methyl sites for hydroxylation is 2. The smallest absolute Gasteiger partial charge is 0.344 e. The summed E-state index contributed by atoms with van der Waals surface area (Å²) in [6, 6.07) is 0.211. The third kappa shape index (κ3) is 3.18. The molecule has 1 aromatic heterocycles. The molecule has 0 aromatic carbocycles. The number of ether oxygens (including phenoxy) is 1. The zero-order chi connectivity index (χ0) is 14.7. The molecule has 0 saturated heterocycles. The molecular formula is C14H20N2O4. The van der Waals surface area contributed by atoms with Gasteiger partial charge in [0.25, 0.3) is 5.91 Å². The maximum atomic E-state index is 12.0. The average molecular weight is 280 g/mol. The lowest BCUT2D eigenvalue weighted by atomic mass is 10.2. The Morgan fingerprint density at radius 3 is 2.55 bits per heavy atom. The largest absolute Gasteiger partial charge is 0.449 e. The van der Waals surface area contributed by atoms with Crippen LogP contribution in [0.15, 0.2) is 4.52 Å². The third-order valence-corrected chi connectivity index (χ3v) is 3.59. The summed E-state index contributed by atoms with van der Waals surface area (Å²) in [7, 11) is 0. The Labute approximate surface area is 117 Å². The fourth-order valence-corrected chi connectivity index (χ4v) is 2.44. The summed E-state index contributed by atoms with van der Waals surface area (Å²) in [5, 5.41) is 6.60. The molecule has 0 spiro atoms. The molecule has 6 heteroatoms. The standard InChI is InChI=1S/C14H20N2O4/c1-8-12(9(2)20-16-8)14(18)19-10(3)13(17)15-11-6-4-5-7-11/h10-11H,4-7H2,1-3H3,(H,15,17)/t10-/m0/s1. The Bertz CT molecular complexity index is 484. The summed E-state index contributed by atoms with van der Waals surface area (Å²) in [5.41, 5.74) is 0.765. The molecule has 1 heterocycles. The summed E-state index contributed by atoms with van der Waals surface area (Å²) >= 11 is 0. The van der Waals surface area contributed by atoms with Gasteiger partial charge in [-0.15, -0.1) is 0 Å². The zero-order valence-electron chi connectivity index (χ0n) is 12.1. The van der Waals surface area contributed by atoms with Gasteiger partial charge in [0.05, 0.1) is 5.69 Å². The highest BCUT2D eigenvalue weighted by molar-refractivity contribution is 5.93. The second-order valence-electron chi connectivity index (χ2n) is 5.24. The normalized spacial score (nSPS) is 16.9. The monoisotopic (exact) mass is 280 g/mol. The van der Waals surface area contributed by atoms with Gasteiger partial charge in [-0.05, 0) is 33.6 Å². The van der Waals surface area contributed by atoms with Crippen LogP contribution in [0, 0.1) is 13.8 Å². The minimum Gasteiger partial charge on any atom is -0.449 e. The molecule has 1 saturated carbocycles. The number of hydrogen-bond acceptors (Lipinski definition) is 5. The van der Waals surface area contributed by atoms with Gasteiger partial charge in [-0.3, -0.25) is 4.79 Å². The fourth-order valence-electron chi connectivity index (χ4n) is 2.44. The maximum Gasteiger partial charge on any atom is 0.344 e. The van der Waals surface area contributed by atoms with E-state index in [4.69, 9.17) is 9.26 Å². The van der Waals surface area contributed by atoms with E-state index in [1.165, 1.54) is 0 Å². The van der Waals surface area contributed by atoms with E-state index in [0.717, 1.165) is 25.7 Å². The molecule has 1 atom stereocenters. The van der Waals surface area contributed by atoms with Crippen LogP contribution in [0.25, 0.3) is 0 Å². The SMILES string of the molecule is Cc1noc(C)c1C(=O)O[C@@H](C)C(=O)NC1CCCC1. The van der Waals surface area contributed by atoms with Crippen LogP contribution in [0.5, 0.6) is 0 Å². The fraction of sp³-hybridized carbons (Fsp3) is 0.643. The predicted octanol–water partition coefficient (Wildman–Crippen LogP) is 1.90. The van der Waals surface area contributed by atoms with Gasteiger partial charge in [-0.25, -0.2) is 4.79 Å². The van der Waals surface area contributed by atoms with E-state index in [1.54, 1.807) is 20.8 Å². The van der Waals surface area contributed by atoms with Crippen LogP contribution in [0.3, 0.4) is 0 Å². The number of nitrogens with zero attached hydrogens (tertiary/aromatic N) is 1. The van der Waals surface area contributed by atoms with Gasteiger partial charge in [0.1, 0.15) is 11.3 Å². The first kappa shape index (κ1) is 14.6. The Kier molecular flexibility index (Phi) is 4.42. The van der Waals surface area contributed by atoms with Crippen molar-refractivity contribution in [1.82, 2.24) is 10.5 Å². The van der Waals surface area contributed by atoms with E-state index < -0.39 is 12.1 Å². The average Bonchev–Trinajstić information content (AvgIpc) is 2.99. The lowest BCUT2D eigenvalue weighted by Crippen LogP contribution is -2.40. The maximum absolute atomic E-state index is 12.0. The lowest BCUT2D eigenvalue weighted by molar-refractivity contribution is -0.129. The minimum atomic E-state index is -0.822. The summed E-state index contributed by atoms with van der Waals surface area (Å²) in [5.74, 6) is -0.428. The first-order valence-electron chi connectivity index (χ1n) is 6.93. The Morgan fingerprint density at radius 1 is 1.35 bits per heavy atom. The van der Waals surface area contributed by atoms with Crippen LogP contribution < -0.4 is 5.32 Å². The summed E-state index contributed by atoms with van der Waals surface area (Å²) < 4.78 is 10.1. The number of carbonyl (C=O) groups excluding carboxylic acids is 2. The van der Waals surface area contributed by atoms with E-state index in [2.05, 4.69) is 10.5 Å². The van der Waals surface area contributed by atoms with Crippen molar-refractivity contribution in [2.45, 2.75) is 58.6 Å². The lowest BCUT2D eigenvalue weighted by Gasteiger charge is -2.17. The Morgan fingerprint density at radius 2 is 2.00 bits per heavy atom. The van der Waals surface area contributed by atoms with Gasteiger partial charge in [-0.1, -0.05) is 18.0 Å². The molecule has 1 aliphatic carbocycles. The number of hydrogen-bond donors (Lipinski definition) is 1. The van der Waals surface area contributed by atoms with Gasteiger partial charge < -0.3 is 14.6 Å². The number of aromatic nitrogens is 1. The van der Waals surface area contributed by atoms with Crippen LogP contribution in [-0.2, 0) is 9.53 Å². The predicted molar refractivity (Wildman–Crippen MR) is 71.3 cm³/mol. The van der Waals surface area contributed by atoms with Crippen LogP contribution in [0.2, 0.25) is 0 Å². The summed E-state index contributed by atoms with van der Waals surface area (Å²) in [4.78, 5) is 23.9. The molecule has 1 fully saturated rings. The molecular weight excluding hydrogens is 260 g/mol. The second kappa shape index (κ2) is 6.07.